The number of hydrogen-bond acceptors (Lipinski definition) is 4. The van der Waals surface area contributed by atoms with Crippen LogP contribution in [-0.2, 0) is 4.74 Å². The molecule has 2 rings (SSSR count). The molecule has 0 spiro atoms. The molecule has 1 saturated heterocycles. The molecule has 1 N–H and O–H groups in total. The average Bonchev–Trinajstić information content (AvgIpc) is 2.38. The van der Waals surface area contributed by atoms with Crippen molar-refractivity contribution in [3.05, 3.63) is 28.7 Å². The summed E-state index contributed by atoms with van der Waals surface area (Å²) in [6, 6.07) is 7.84. The number of benzene rings is 1. The van der Waals surface area contributed by atoms with Crippen molar-refractivity contribution in [1.82, 2.24) is 4.90 Å². The average molecular weight is 330 g/mol. The van der Waals surface area contributed by atoms with Gasteiger partial charge in [0.25, 0.3) is 0 Å². The topological polar surface area (TPSA) is 41.9 Å². The van der Waals surface area contributed by atoms with Gasteiger partial charge in [0, 0.05) is 24.1 Å². The number of nitrogens with zero attached hydrogens (tertiary/aromatic N) is 1. The van der Waals surface area contributed by atoms with Crippen LogP contribution in [0.15, 0.2) is 28.7 Å². The molecule has 0 radical (unpaired) electrons. The van der Waals surface area contributed by atoms with Gasteiger partial charge in [0.2, 0.25) is 0 Å². The molecule has 106 valence electrons. The van der Waals surface area contributed by atoms with Crippen molar-refractivity contribution in [3.63, 3.8) is 0 Å². The first-order valence-electron chi connectivity index (χ1n) is 6.54. The fraction of sp³-hybridized carbons (Fsp3) is 0.571. The highest BCUT2D eigenvalue weighted by Crippen LogP contribution is 2.18. The summed E-state index contributed by atoms with van der Waals surface area (Å²) in [5, 5.41) is 9.17. The molecule has 0 amide bonds. The summed E-state index contributed by atoms with van der Waals surface area (Å²) in [7, 11) is 0. The minimum atomic E-state index is -0.0744. The minimum absolute atomic E-state index is 0.0744. The van der Waals surface area contributed by atoms with E-state index in [-0.39, 0.29) is 18.8 Å². The third kappa shape index (κ3) is 4.76. The van der Waals surface area contributed by atoms with Crippen LogP contribution in [0.2, 0.25) is 0 Å². The van der Waals surface area contributed by atoms with Crippen LogP contribution in [0.3, 0.4) is 0 Å². The van der Waals surface area contributed by atoms with Gasteiger partial charge >= 0.3 is 0 Å². The number of halogens is 1. The molecule has 1 fully saturated rings. The van der Waals surface area contributed by atoms with Gasteiger partial charge in [-0.25, -0.2) is 0 Å². The van der Waals surface area contributed by atoms with Gasteiger partial charge in [0.1, 0.15) is 12.4 Å². The molecular formula is C14H20BrNO3. The van der Waals surface area contributed by atoms with E-state index in [0.717, 1.165) is 29.9 Å². The highest BCUT2D eigenvalue weighted by molar-refractivity contribution is 9.10. The Hall–Kier alpha value is -0.620. The zero-order chi connectivity index (χ0) is 13.7. The van der Waals surface area contributed by atoms with Gasteiger partial charge in [-0.3, -0.25) is 4.90 Å². The molecule has 0 bridgehead atoms. The Morgan fingerprint density at radius 1 is 1.47 bits per heavy atom. The predicted molar refractivity (Wildman–Crippen MR) is 77.5 cm³/mol. The lowest BCUT2D eigenvalue weighted by atomic mass is 10.2. The molecular weight excluding hydrogens is 310 g/mol. The molecule has 4 nitrogen and oxygen atoms in total. The van der Waals surface area contributed by atoms with Crippen LogP contribution in [0.25, 0.3) is 0 Å². The molecule has 2 unspecified atom stereocenters. The molecule has 1 aromatic rings. The molecule has 0 aliphatic carbocycles. The van der Waals surface area contributed by atoms with Crippen molar-refractivity contribution in [1.29, 1.82) is 0 Å². The van der Waals surface area contributed by atoms with Gasteiger partial charge < -0.3 is 14.6 Å². The normalized spacial score (nSPS) is 24.4. The fourth-order valence-electron chi connectivity index (χ4n) is 2.27. The standard InChI is InChI=1S/C14H20BrNO3/c1-11-8-16(9-14(10-17)19-11)5-6-18-13-4-2-3-12(15)7-13/h2-4,7,11,14,17H,5-6,8-10H2,1H3. The van der Waals surface area contributed by atoms with Crippen LogP contribution in [0.5, 0.6) is 5.75 Å². The molecule has 19 heavy (non-hydrogen) atoms. The Bertz CT molecular complexity index is 402. The number of morpholine rings is 1. The molecule has 1 aliphatic rings. The Balaban J connectivity index is 1.76. The van der Waals surface area contributed by atoms with Gasteiger partial charge in [-0.1, -0.05) is 22.0 Å². The third-order valence-electron chi connectivity index (χ3n) is 3.08. The maximum Gasteiger partial charge on any atom is 0.120 e. The van der Waals surface area contributed by atoms with E-state index in [2.05, 4.69) is 20.8 Å². The Morgan fingerprint density at radius 3 is 3.05 bits per heavy atom. The van der Waals surface area contributed by atoms with E-state index in [1.165, 1.54) is 0 Å². The third-order valence-corrected chi connectivity index (χ3v) is 3.57. The largest absolute Gasteiger partial charge is 0.492 e. The first-order valence-corrected chi connectivity index (χ1v) is 7.33. The summed E-state index contributed by atoms with van der Waals surface area (Å²) in [5.74, 6) is 0.870. The summed E-state index contributed by atoms with van der Waals surface area (Å²) >= 11 is 3.42. The maximum absolute atomic E-state index is 9.17. The first kappa shape index (κ1) is 14.8. The van der Waals surface area contributed by atoms with E-state index in [9.17, 15) is 5.11 Å². The van der Waals surface area contributed by atoms with Gasteiger partial charge in [0.05, 0.1) is 18.8 Å². The molecule has 0 aromatic heterocycles. The molecule has 1 aromatic carbocycles. The van der Waals surface area contributed by atoms with Crippen molar-refractivity contribution in [2.75, 3.05) is 32.8 Å². The second kappa shape index (κ2) is 7.24. The van der Waals surface area contributed by atoms with E-state index in [1.54, 1.807) is 0 Å². The van der Waals surface area contributed by atoms with Gasteiger partial charge in [0.15, 0.2) is 0 Å². The molecule has 5 heteroatoms. The fourth-order valence-corrected chi connectivity index (χ4v) is 2.65. The van der Waals surface area contributed by atoms with Gasteiger partial charge in [-0.2, -0.15) is 0 Å². The number of hydrogen-bond donors (Lipinski definition) is 1. The highest BCUT2D eigenvalue weighted by atomic mass is 79.9. The van der Waals surface area contributed by atoms with Crippen LogP contribution in [0, 0.1) is 0 Å². The van der Waals surface area contributed by atoms with Crippen LogP contribution >= 0.6 is 15.9 Å². The smallest absolute Gasteiger partial charge is 0.120 e. The van der Waals surface area contributed by atoms with Crippen LogP contribution in [0.4, 0.5) is 0 Å². The van der Waals surface area contributed by atoms with Gasteiger partial charge in [-0.15, -0.1) is 0 Å². The van der Waals surface area contributed by atoms with Crippen molar-refractivity contribution < 1.29 is 14.6 Å². The van der Waals surface area contributed by atoms with Crippen LogP contribution in [0.1, 0.15) is 6.92 Å². The van der Waals surface area contributed by atoms with Crippen molar-refractivity contribution >= 4 is 15.9 Å². The second-order valence-electron chi connectivity index (χ2n) is 4.82. The zero-order valence-electron chi connectivity index (χ0n) is 11.1. The second-order valence-corrected chi connectivity index (χ2v) is 5.73. The number of rotatable bonds is 5. The van der Waals surface area contributed by atoms with Crippen LogP contribution < -0.4 is 4.74 Å². The van der Waals surface area contributed by atoms with E-state index in [0.29, 0.717) is 6.61 Å². The van der Waals surface area contributed by atoms with Gasteiger partial charge in [-0.05, 0) is 25.1 Å². The highest BCUT2D eigenvalue weighted by Gasteiger charge is 2.24. The minimum Gasteiger partial charge on any atom is -0.492 e. The lowest BCUT2D eigenvalue weighted by Crippen LogP contribution is -2.49. The number of aliphatic hydroxyl groups is 1. The first-order chi connectivity index (χ1) is 9.17. The van der Waals surface area contributed by atoms with Crippen molar-refractivity contribution in [3.8, 4) is 5.75 Å². The Morgan fingerprint density at radius 2 is 2.32 bits per heavy atom. The molecule has 2 atom stereocenters. The predicted octanol–water partition coefficient (Wildman–Crippen LogP) is 1.91. The summed E-state index contributed by atoms with van der Waals surface area (Å²) in [6.45, 7) is 5.25. The monoisotopic (exact) mass is 329 g/mol. The number of aliphatic hydroxyl groups excluding tert-OH is 1. The SMILES string of the molecule is CC1CN(CCOc2cccc(Br)c2)CC(CO)O1. The lowest BCUT2D eigenvalue weighted by Gasteiger charge is -2.35. The lowest BCUT2D eigenvalue weighted by molar-refractivity contribution is -0.0965. The number of ether oxygens (including phenoxy) is 2. The summed E-state index contributed by atoms with van der Waals surface area (Å²) in [6.07, 6.45) is 0.0892. The van der Waals surface area contributed by atoms with Crippen molar-refractivity contribution in [2.45, 2.75) is 19.1 Å². The van der Waals surface area contributed by atoms with Crippen molar-refractivity contribution in [2.24, 2.45) is 0 Å². The summed E-state index contributed by atoms with van der Waals surface area (Å²) in [5.41, 5.74) is 0. The Labute approximate surface area is 122 Å². The Kier molecular flexibility index (Phi) is 5.63. The quantitative estimate of drug-likeness (QED) is 0.896. The van der Waals surface area contributed by atoms with E-state index in [1.807, 2.05) is 31.2 Å². The molecule has 1 heterocycles. The van der Waals surface area contributed by atoms with Crippen LogP contribution in [-0.4, -0.2) is 55.1 Å². The molecule has 0 saturated carbocycles. The molecule has 1 aliphatic heterocycles. The van der Waals surface area contributed by atoms with E-state index < -0.39 is 0 Å². The summed E-state index contributed by atoms with van der Waals surface area (Å²) < 4.78 is 12.3. The summed E-state index contributed by atoms with van der Waals surface area (Å²) in [4.78, 5) is 2.27. The maximum atomic E-state index is 9.17. The van der Waals surface area contributed by atoms with E-state index in [4.69, 9.17) is 9.47 Å². The zero-order valence-corrected chi connectivity index (χ0v) is 12.7. The van der Waals surface area contributed by atoms with E-state index >= 15 is 0 Å².